The van der Waals surface area contributed by atoms with Crippen molar-refractivity contribution in [2.75, 3.05) is 5.73 Å². The average molecular weight is 236 g/mol. The van der Waals surface area contributed by atoms with Crippen LogP contribution in [0.25, 0.3) is 0 Å². The molecule has 0 bridgehead atoms. The molecule has 2 N–H and O–H groups in total. The SMILES string of the molecule is Nc1ncccc1COc1cc(F)ccc1F. The van der Waals surface area contributed by atoms with Crippen molar-refractivity contribution in [3.05, 3.63) is 53.7 Å². The van der Waals surface area contributed by atoms with Gasteiger partial charge in [-0.3, -0.25) is 0 Å². The molecule has 5 heteroatoms. The first-order valence-electron chi connectivity index (χ1n) is 4.94. The molecule has 0 aliphatic heterocycles. The molecule has 0 spiro atoms. The number of hydrogen-bond acceptors (Lipinski definition) is 3. The van der Waals surface area contributed by atoms with Gasteiger partial charge in [-0.25, -0.2) is 13.8 Å². The van der Waals surface area contributed by atoms with Crippen LogP contribution in [0.3, 0.4) is 0 Å². The third kappa shape index (κ3) is 2.69. The third-order valence-corrected chi connectivity index (χ3v) is 2.20. The fraction of sp³-hybridized carbons (Fsp3) is 0.0833. The molecule has 0 saturated heterocycles. The minimum atomic E-state index is -0.617. The first-order chi connectivity index (χ1) is 8.16. The molecule has 0 amide bonds. The highest BCUT2D eigenvalue weighted by molar-refractivity contribution is 5.38. The molecule has 2 rings (SSSR count). The van der Waals surface area contributed by atoms with E-state index in [2.05, 4.69) is 4.98 Å². The van der Waals surface area contributed by atoms with Gasteiger partial charge in [0.2, 0.25) is 0 Å². The zero-order valence-electron chi connectivity index (χ0n) is 8.86. The number of halogens is 2. The standard InChI is InChI=1S/C12H10F2N2O/c13-9-3-4-10(14)11(6-9)17-7-8-2-1-5-16-12(8)15/h1-6H,7H2,(H2,15,16). The maximum absolute atomic E-state index is 13.2. The van der Waals surface area contributed by atoms with Crippen molar-refractivity contribution in [3.8, 4) is 5.75 Å². The van der Waals surface area contributed by atoms with E-state index >= 15 is 0 Å². The minimum Gasteiger partial charge on any atom is -0.486 e. The lowest BCUT2D eigenvalue weighted by molar-refractivity contribution is 0.289. The Balaban J connectivity index is 2.12. The number of aromatic nitrogens is 1. The summed E-state index contributed by atoms with van der Waals surface area (Å²) in [7, 11) is 0. The normalized spacial score (nSPS) is 10.2. The van der Waals surface area contributed by atoms with E-state index in [1.54, 1.807) is 18.3 Å². The Morgan fingerprint density at radius 1 is 1.24 bits per heavy atom. The molecule has 0 aliphatic rings. The lowest BCUT2D eigenvalue weighted by Gasteiger charge is -2.08. The van der Waals surface area contributed by atoms with Crippen LogP contribution in [0.1, 0.15) is 5.56 Å². The van der Waals surface area contributed by atoms with Crippen LogP contribution in [-0.2, 0) is 6.61 Å². The van der Waals surface area contributed by atoms with Crippen LogP contribution in [0.15, 0.2) is 36.5 Å². The van der Waals surface area contributed by atoms with Crippen molar-refractivity contribution in [1.82, 2.24) is 4.98 Å². The predicted molar refractivity (Wildman–Crippen MR) is 59.3 cm³/mol. The fourth-order valence-corrected chi connectivity index (χ4v) is 1.32. The van der Waals surface area contributed by atoms with Crippen molar-refractivity contribution in [1.29, 1.82) is 0 Å². The molecule has 2 aromatic rings. The fourth-order valence-electron chi connectivity index (χ4n) is 1.32. The van der Waals surface area contributed by atoms with E-state index in [0.717, 1.165) is 18.2 Å². The summed E-state index contributed by atoms with van der Waals surface area (Å²) in [6.07, 6.45) is 1.54. The predicted octanol–water partition coefficient (Wildman–Crippen LogP) is 2.52. The second-order valence-corrected chi connectivity index (χ2v) is 3.41. The number of rotatable bonds is 3. The highest BCUT2D eigenvalue weighted by Gasteiger charge is 2.06. The number of hydrogen-bond donors (Lipinski definition) is 1. The molecule has 0 fully saturated rings. The van der Waals surface area contributed by atoms with Crippen molar-refractivity contribution >= 4 is 5.82 Å². The van der Waals surface area contributed by atoms with Crippen LogP contribution >= 0.6 is 0 Å². The molecule has 1 heterocycles. The third-order valence-electron chi connectivity index (χ3n) is 2.20. The second kappa shape index (κ2) is 4.78. The highest BCUT2D eigenvalue weighted by atomic mass is 19.1. The van der Waals surface area contributed by atoms with Gasteiger partial charge in [0.25, 0.3) is 0 Å². The summed E-state index contributed by atoms with van der Waals surface area (Å²) in [5.41, 5.74) is 6.22. The minimum absolute atomic E-state index is 0.0417. The molecule has 0 saturated carbocycles. The van der Waals surface area contributed by atoms with Crippen molar-refractivity contribution in [3.63, 3.8) is 0 Å². The van der Waals surface area contributed by atoms with Gasteiger partial charge in [-0.1, -0.05) is 6.07 Å². The van der Waals surface area contributed by atoms with Crippen molar-refractivity contribution in [2.45, 2.75) is 6.61 Å². The van der Waals surface area contributed by atoms with Gasteiger partial charge in [0.05, 0.1) is 0 Å². The van der Waals surface area contributed by atoms with Crippen LogP contribution < -0.4 is 10.5 Å². The quantitative estimate of drug-likeness (QED) is 0.890. The molecular weight excluding hydrogens is 226 g/mol. The Morgan fingerprint density at radius 3 is 2.82 bits per heavy atom. The van der Waals surface area contributed by atoms with E-state index in [1.165, 1.54) is 0 Å². The monoisotopic (exact) mass is 236 g/mol. The zero-order chi connectivity index (χ0) is 12.3. The van der Waals surface area contributed by atoms with E-state index in [-0.39, 0.29) is 12.4 Å². The van der Waals surface area contributed by atoms with Gasteiger partial charge in [-0.15, -0.1) is 0 Å². The Hall–Kier alpha value is -2.17. The van der Waals surface area contributed by atoms with Gasteiger partial charge in [0.1, 0.15) is 18.2 Å². The Labute approximate surface area is 96.9 Å². The van der Waals surface area contributed by atoms with Crippen molar-refractivity contribution < 1.29 is 13.5 Å². The summed E-state index contributed by atoms with van der Waals surface area (Å²) >= 11 is 0. The second-order valence-electron chi connectivity index (χ2n) is 3.41. The van der Waals surface area contributed by atoms with Gasteiger partial charge >= 0.3 is 0 Å². The summed E-state index contributed by atoms with van der Waals surface area (Å²) in [4.78, 5) is 3.86. The molecule has 0 unspecified atom stereocenters. The number of nitrogens with two attached hydrogens (primary N) is 1. The summed E-state index contributed by atoms with van der Waals surface area (Å²) in [6, 6.07) is 6.43. The number of ether oxygens (including phenoxy) is 1. The van der Waals surface area contributed by atoms with E-state index in [0.29, 0.717) is 11.4 Å². The lowest BCUT2D eigenvalue weighted by Crippen LogP contribution is -2.02. The molecule has 0 atom stereocenters. The Bertz CT molecular complexity index is 532. The lowest BCUT2D eigenvalue weighted by atomic mass is 10.2. The van der Waals surface area contributed by atoms with Crippen LogP contribution in [0.5, 0.6) is 5.75 Å². The number of anilines is 1. The molecule has 0 radical (unpaired) electrons. The molecular formula is C12H10F2N2O. The molecule has 88 valence electrons. The van der Waals surface area contributed by atoms with Gasteiger partial charge in [-0.2, -0.15) is 0 Å². The maximum Gasteiger partial charge on any atom is 0.165 e. The summed E-state index contributed by atoms with van der Waals surface area (Å²) < 4.78 is 31.3. The zero-order valence-corrected chi connectivity index (χ0v) is 8.86. The Morgan fingerprint density at radius 2 is 2.06 bits per heavy atom. The summed E-state index contributed by atoms with van der Waals surface area (Å²) in [5, 5.41) is 0. The van der Waals surface area contributed by atoms with Crippen LogP contribution in [0.4, 0.5) is 14.6 Å². The van der Waals surface area contributed by atoms with Crippen LogP contribution in [0, 0.1) is 11.6 Å². The largest absolute Gasteiger partial charge is 0.486 e. The topological polar surface area (TPSA) is 48.1 Å². The van der Waals surface area contributed by atoms with Crippen LogP contribution in [-0.4, -0.2) is 4.98 Å². The number of nitrogens with zero attached hydrogens (tertiary/aromatic N) is 1. The maximum atomic E-state index is 13.2. The van der Waals surface area contributed by atoms with E-state index in [1.807, 2.05) is 0 Å². The smallest absolute Gasteiger partial charge is 0.165 e. The van der Waals surface area contributed by atoms with E-state index in [4.69, 9.17) is 10.5 Å². The molecule has 17 heavy (non-hydrogen) atoms. The van der Waals surface area contributed by atoms with E-state index in [9.17, 15) is 8.78 Å². The number of benzene rings is 1. The van der Waals surface area contributed by atoms with Crippen LogP contribution in [0.2, 0.25) is 0 Å². The summed E-state index contributed by atoms with van der Waals surface area (Å²) in [5.74, 6) is -1.01. The molecule has 3 nitrogen and oxygen atoms in total. The molecule has 1 aromatic heterocycles. The van der Waals surface area contributed by atoms with E-state index < -0.39 is 11.6 Å². The highest BCUT2D eigenvalue weighted by Crippen LogP contribution is 2.20. The van der Waals surface area contributed by atoms with Crippen molar-refractivity contribution in [2.24, 2.45) is 0 Å². The average Bonchev–Trinajstić information content (AvgIpc) is 2.32. The Kier molecular flexibility index (Phi) is 3.18. The van der Waals surface area contributed by atoms with Gasteiger partial charge in [0, 0.05) is 17.8 Å². The number of nitrogen functional groups attached to an aromatic ring is 1. The van der Waals surface area contributed by atoms with Gasteiger partial charge < -0.3 is 10.5 Å². The number of pyridine rings is 1. The van der Waals surface area contributed by atoms with Gasteiger partial charge in [0.15, 0.2) is 11.6 Å². The summed E-state index contributed by atoms with van der Waals surface area (Å²) in [6.45, 7) is 0.0417. The molecule has 0 aliphatic carbocycles. The first kappa shape index (κ1) is 11.3. The first-order valence-corrected chi connectivity index (χ1v) is 4.94. The molecule has 1 aromatic carbocycles. The van der Waals surface area contributed by atoms with Gasteiger partial charge in [-0.05, 0) is 18.2 Å².